The molecule has 0 atom stereocenters. The van der Waals surface area contributed by atoms with Crippen LogP contribution in [0.4, 0.5) is 4.79 Å². The summed E-state index contributed by atoms with van der Waals surface area (Å²) in [5.74, 6) is 0.808. The van der Waals surface area contributed by atoms with E-state index in [2.05, 4.69) is 5.32 Å². The first-order chi connectivity index (χ1) is 13.4. The molecular weight excluding hydrogens is 366 g/mol. The average molecular weight is 391 g/mol. The Labute approximate surface area is 163 Å². The number of benzene rings is 1. The number of likely N-dealkylation sites (N-methyl/N-ethyl adjacent to an activating group) is 1. The van der Waals surface area contributed by atoms with Crippen molar-refractivity contribution in [2.75, 3.05) is 41.0 Å². The van der Waals surface area contributed by atoms with Gasteiger partial charge in [0, 0.05) is 25.2 Å². The third-order valence-corrected chi connectivity index (χ3v) is 5.38. The molecule has 2 fully saturated rings. The van der Waals surface area contributed by atoms with Crippen LogP contribution < -0.4 is 19.5 Å². The number of hydrogen-bond acceptors (Lipinski definition) is 6. The van der Waals surface area contributed by atoms with Gasteiger partial charge in [-0.05, 0) is 31.9 Å². The van der Waals surface area contributed by atoms with Crippen molar-refractivity contribution in [3.8, 4) is 17.2 Å². The van der Waals surface area contributed by atoms with Gasteiger partial charge >= 0.3 is 6.03 Å². The van der Waals surface area contributed by atoms with Crippen molar-refractivity contribution >= 4 is 17.8 Å². The maximum atomic E-state index is 13.0. The van der Waals surface area contributed by atoms with Crippen LogP contribution in [-0.2, 0) is 4.79 Å². The number of amides is 4. The van der Waals surface area contributed by atoms with Gasteiger partial charge < -0.3 is 24.4 Å². The van der Waals surface area contributed by atoms with E-state index in [1.54, 1.807) is 24.0 Å². The SMILES string of the molecule is CCN1C(=O)NC2(CCN(C(=O)c3cc(OC)c(OC)c(OC)c3)CC2)C1=O. The largest absolute Gasteiger partial charge is 0.493 e. The molecule has 28 heavy (non-hydrogen) atoms. The predicted molar refractivity (Wildman–Crippen MR) is 99.9 cm³/mol. The molecule has 4 amide bonds. The standard InChI is InChI=1S/C19H25N3O6/c1-5-22-17(24)19(20-18(22)25)6-8-21(9-7-19)16(23)12-10-13(26-2)15(28-4)14(11-12)27-3/h10-11H,5-9H2,1-4H3,(H,20,25). The molecule has 0 unspecified atom stereocenters. The lowest BCUT2D eigenvalue weighted by atomic mass is 9.87. The number of hydrogen-bond donors (Lipinski definition) is 1. The molecule has 1 aromatic carbocycles. The molecule has 1 N–H and O–H groups in total. The van der Waals surface area contributed by atoms with Crippen molar-refractivity contribution in [3.05, 3.63) is 17.7 Å². The van der Waals surface area contributed by atoms with Gasteiger partial charge in [-0.2, -0.15) is 0 Å². The van der Waals surface area contributed by atoms with Crippen LogP contribution in [-0.4, -0.2) is 74.1 Å². The van der Waals surface area contributed by atoms with Crippen molar-refractivity contribution in [2.45, 2.75) is 25.3 Å². The summed E-state index contributed by atoms with van der Waals surface area (Å²) < 4.78 is 15.9. The number of likely N-dealkylation sites (tertiary alicyclic amines) is 1. The van der Waals surface area contributed by atoms with E-state index in [4.69, 9.17) is 14.2 Å². The summed E-state index contributed by atoms with van der Waals surface area (Å²) >= 11 is 0. The van der Waals surface area contributed by atoms with Crippen molar-refractivity contribution < 1.29 is 28.6 Å². The molecular formula is C19H25N3O6. The summed E-state index contributed by atoms with van der Waals surface area (Å²) in [6, 6.07) is 2.85. The molecule has 2 heterocycles. The molecule has 2 saturated heterocycles. The Balaban J connectivity index is 1.78. The minimum atomic E-state index is -0.904. The summed E-state index contributed by atoms with van der Waals surface area (Å²) in [6.45, 7) is 2.82. The number of ether oxygens (including phenoxy) is 3. The number of rotatable bonds is 5. The molecule has 0 aromatic heterocycles. The fraction of sp³-hybridized carbons (Fsp3) is 0.526. The molecule has 9 heteroatoms. The predicted octanol–water partition coefficient (Wildman–Crippen LogP) is 1.26. The minimum Gasteiger partial charge on any atom is -0.493 e. The lowest BCUT2D eigenvalue weighted by Gasteiger charge is -2.37. The van der Waals surface area contributed by atoms with Gasteiger partial charge in [0.2, 0.25) is 5.75 Å². The number of nitrogens with zero attached hydrogens (tertiary/aromatic N) is 2. The lowest BCUT2D eigenvalue weighted by Crippen LogP contribution is -2.55. The first kappa shape index (κ1) is 19.8. The number of carbonyl (C=O) groups is 3. The third kappa shape index (κ3) is 3.10. The highest BCUT2D eigenvalue weighted by molar-refractivity contribution is 6.07. The Morgan fingerprint density at radius 2 is 1.64 bits per heavy atom. The zero-order valence-electron chi connectivity index (χ0n) is 16.5. The van der Waals surface area contributed by atoms with E-state index >= 15 is 0 Å². The minimum absolute atomic E-state index is 0.196. The van der Waals surface area contributed by atoms with Crippen molar-refractivity contribution in [1.29, 1.82) is 0 Å². The molecule has 3 rings (SSSR count). The van der Waals surface area contributed by atoms with Crippen LogP contribution in [0.15, 0.2) is 12.1 Å². The van der Waals surface area contributed by atoms with Gasteiger partial charge in [-0.1, -0.05) is 0 Å². The number of piperidine rings is 1. The maximum absolute atomic E-state index is 13.0. The summed E-state index contributed by atoms with van der Waals surface area (Å²) in [6.07, 6.45) is 0.758. The summed E-state index contributed by atoms with van der Waals surface area (Å²) in [7, 11) is 4.48. The van der Waals surface area contributed by atoms with E-state index in [0.29, 0.717) is 55.3 Å². The molecule has 0 aliphatic carbocycles. The Kier molecular flexibility index (Phi) is 5.35. The van der Waals surface area contributed by atoms with Gasteiger partial charge in [0.15, 0.2) is 11.5 Å². The summed E-state index contributed by atoms with van der Waals surface area (Å²) in [5.41, 5.74) is -0.499. The molecule has 1 spiro atoms. The van der Waals surface area contributed by atoms with Gasteiger partial charge in [0.25, 0.3) is 11.8 Å². The van der Waals surface area contributed by atoms with E-state index in [1.165, 1.54) is 26.2 Å². The van der Waals surface area contributed by atoms with E-state index in [0.717, 1.165) is 0 Å². The molecule has 152 valence electrons. The highest BCUT2D eigenvalue weighted by Gasteiger charge is 2.52. The number of carbonyl (C=O) groups excluding carboxylic acids is 3. The molecule has 9 nitrogen and oxygen atoms in total. The zero-order valence-corrected chi connectivity index (χ0v) is 16.5. The quantitative estimate of drug-likeness (QED) is 0.759. The second-order valence-electron chi connectivity index (χ2n) is 6.77. The van der Waals surface area contributed by atoms with Gasteiger partial charge in [-0.3, -0.25) is 14.5 Å². The fourth-order valence-corrected chi connectivity index (χ4v) is 3.78. The molecule has 1 aromatic rings. The smallest absolute Gasteiger partial charge is 0.325 e. The highest BCUT2D eigenvalue weighted by atomic mass is 16.5. The zero-order chi connectivity index (χ0) is 20.5. The normalized spacial score (nSPS) is 18.3. The molecule has 0 radical (unpaired) electrons. The lowest BCUT2D eigenvalue weighted by molar-refractivity contribution is -0.132. The number of nitrogens with one attached hydrogen (secondary N) is 1. The number of urea groups is 1. The van der Waals surface area contributed by atoms with E-state index in [9.17, 15) is 14.4 Å². The molecule has 2 aliphatic rings. The number of methoxy groups -OCH3 is 3. The Morgan fingerprint density at radius 3 is 2.07 bits per heavy atom. The van der Waals surface area contributed by atoms with Gasteiger partial charge in [0.1, 0.15) is 5.54 Å². The second kappa shape index (κ2) is 7.57. The van der Waals surface area contributed by atoms with Crippen molar-refractivity contribution in [2.24, 2.45) is 0 Å². The Hall–Kier alpha value is -2.97. The van der Waals surface area contributed by atoms with E-state index in [-0.39, 0.29) is 17.8 Å². The number of imide groups is 1. The van der Waals surface area contributed by atoms with Crippen LogP contribution in [0.25, 0.3) is 0 Å². The topological polar surface area (TPSA) is 97.4 Å². The van der Waals surface area contributed by atoms with Crippen LogP contribution in [0.5, 0.6) is 17.2 Å². The fourth-order valence-electron chi connectivity index (χ4n) is 3.78. The highest BCUT2D eigenvalue weighted by Crippen LogP contribution is 2.39. The van der Waals surface area contributed by atoms with Gasteiger partial charge in [0.05, 0.1) is 21.3 Å². The van der Waals surface area contributed by atoms with Crippen LogP contribution in [0.3, 0.4) is 0 Å². The van der Waals surface area contributed by atoms with Gasteiger partial charge in [-0.25, -0.2) is 4.79 Å². The monoisotopic (exact) mass is 391 g/mol. The maximum Gasteiger partial charge on any atom is 0.325 e. The Bertz CT molecular complexity index is 776. The van der Waals surface area contributed by atoms with E-state index in [1.807, 2.05) is 0 Å². The molecule has 0 saturated carbocycles. The van der Waals surface area contributed by atoms with Crippen LogP contribution in [0.2, 0.25) is 0 Å². The molecule has 0 bridgehead atoms. The summed E-state index contributed by atoms with van der Waals surface area (Å²) in [4.78, 5) is 40.5. The third-order valence-electron chi connectivity index (χ3n) is 5.38. The van der Waals surface area contributed by atoms with Gasteiger partial charge in [-0.15, -0.1) is 0 Å². The van der Waals surface area contributed by atoms with Crippen molar-refractivity contribution in [1.82, 2.24) is 15.1 Å². The first-order valence-electron chi connectivity index (χ1n) is 9.14. The second-order valence-corrected chi connectivity index (χ2v) is 6.77. The summed E-state index contributed by atoms with van der Waals surface area (Å²) in [5, 5.41) is 2.81. The van der Waals surface area contributed by atoms with Crippen LogP contribution >= 0.6 is 0 Å². The average Bonchev–Trinajstić information content (AvgIpc) is 2.95. The van der Waals surface area contributed by atoms with E-state index < -0.39 is 5.54 Å². The van der Waals surface area contributed by atoms with Crippen molar-refractivity contribution in [3.63, 3.8) is 0 Å². The van der Waals surface area contributed by atoms with Crippen LogP contribution in [0.1, 0.15) is 30.1 Å². The first-order valence-corrected chi connectivity index (χ1v) is 9.14. The Morgan fingerprint density at radius 1 is 1.07 bits per heavy atom. The molecule has 2 aliphatic heterocycles. The van der Waals surface area contributed by atoms with Crippen LogP contribution in [0, 0.1) is 0 Å².